The monoisotopic (exact) mass is 530 g/mol. The molecule has 0 saturated carbocycles. The highest BCUT2D eigenvalue weighted by Crippen LogP contribution is 2.42. The Morgan fingerprint density at radius 3 is 2.29 bits per heavy atom. The molecular weight excluding hydrogens is 500 g/mol. The quantitative estimate of drug-likeness (QED) is 0.540. The summed E-state index contributed by atoms with van der Waals surface area (Å²) in [5.41, 5.74) is 5.19. The molecular formula is C29H30N4O4S. The summed E-state index contributed by atoms with van der Waals surface area (Å²) in [6, 6.07) is 23.0. The van der Waals surface area contributed by atoms with Gasteiger partial charge in [-0.3, -0.25) is 9.59 Å². The summed E-state index contributed by atoms with van der Waals surface area (Å²) in [5.74, 6) is 0.141. The van der Waals surface area contributed by atoms with Crippen molar-refractivity contribution in [1.29, 1.82) is 0 Å². The van der Waals surface area contributed by atoms with Crippen LogP contribution in [0.25, 0.3) is 0 Å². The van der Waals surface area contributed by atoms with Crippen LogP contribution in [0.2, 0.25) is 0 Å². The predicted molar refractivity (Wildman–Crippen MR) is 149 cm³/mol. The number of nitrogens with zero attached hydrogens (tertiary/aromatic N) is 3. The third kappa shape index (κ3) is 3.93. The van der Waals surface area contributed by atoms with Crippen molar-refractivity contribution in [3.05, 3.63) is 83.9 Å². The van der Waals surface area contributed by atoms with Gasteiger partial charge in [-0.15, -0.1) is 0 Å². The molecule has 2 fully saturated rings. The standard InChI is InChI=1S/C29H30N4O4S/c1-20-27(34)31(2)25-13-12-24(16-26(25)33(20)17-21-6-4-3-5-7-21)30-23-10-8-22(9-11-23)28(35)32-18-29(19-32)14-15-38(29,36)37/h3-13,16,20,30H,14-15,17-19H2,1-2H3/t20-/m1/s1. The van der Waals surface area contributed by atoms with E-state index in [0.717, 1.165) is 28.3 Å². The third-order valence-electron chi connectivity index (χ3n) is 8.15. The largest absolute Gasteiger partial charge is 0.355 e. The molecule has 0 aromatic heterocycles. The van der Waals surface area contributed by atoms with Crippen LogP contribution in [0.3, 0.4) is 0 Å². The number of hydrogen-bond acceptors (Lipinski definition) is 6. The average Bonchev–Trinajstić information content (AvgIpc) is 2.89. The van der Waals surface area contributed by atoms with Gasteiger partial charge in [-0.25, -0.2) is 8.42 Å². The molecule has 3 aromatic rings. The van der Waals surface area contributed by atoms with Crippen molar-refractivity contribution >= 4 is 44.4 Å². The van der Waals surface area contributed by atoms with E-state index in [1.165, 1.54) is 0 Å². The summed E-state index contributed by atoms with van der Waals surface area (Å²) in [7, 11) is -1.24. The number of likely N-dealkylation sites (tertiary alicyclic amines) is 1. The number of nitrogens with one attached hydrogen (secondary N) is 1. The van der Waals surface area contributed by atoms with Gasteiger partial charge in [-0.05, 0) is 61.4 Å². The fourth-order valence-corrected chi connectivity index (χ4v) is 7.43. The van der Waals surface area contributed by atoms with Crippen LogP contribution in [0.1, 0.15) is 29.3 Å². The second kappa shape index (κ2) is 8.87. The van der Waals surface area contributed by atoms with Crippen LogP contribution >= 0.6 is 0 Å². The van der Waals surface area contributed by atoms with Crippen LogP contribution in [-0.2, 0) is 21.2 Å². The molecule has 8 nitrogen and oxygen atoms in total. The number of benzene rings is 3. The molecule has 2 amide bonds. The first kappa shape index (κ1) is 24.5. The molecule has 2 saturated heterocycles. The lowest BCUT2D eigenvalue weighted by molar-refractivity contribution is -0.119. The van der Waals surface area contributed by atoms with Gasteiger partial charge >= 0.3 is 0 Å². The number of anilines is 4. The maximum Gasteiger partial charge on any atom is 0.253 e. The number of carbonyl (C=O) groups excluding carboxylic acids is 2. The van der Waals surface area contributed by atoms with Gasteiger partial charge in [0.2, 0.25) is 5.91 Å². The summed E-state index contributed by atoms with van der Waals surface area (Å²) in [6.45, 7) is 3.13. The first-order chi connectivity index (χ1) is 18.2. The van der Waals surface area contributed by atoms with Crippen LogP contribution in [0.4, 0.5) is 22.7 Å². The van der Waals surface area contributed by atoms with Crippen molar-refractivity contribution in [3.63, 3.8) is 0 Å². The van der Waals surface area contributed by atoms with Gasteiger partial charge in [-0.2, -0.15) is 0 Å². The number of sulfone groups is 1. The molecule has 9 heteroatoms. The van der Waals surface area contributed by atoms with Crippen LogP contribution in [0.15, 0.2) is 72.8 Å². The van der Waals surface area contributed by atoms with E-state index in [9.17, 15) is 18.0 Å². The van der Waals surface area contributed by atoms with Crippen molar-refractivity contribution in [2.45, 2.75) is 30.7 Å². The zero-order valence-electron chi connectivity index (χ0n) is 21.4. The highest BCUT2D eigenvalue weighted by atomic mass is 32.2. The molecule has 3 heterocycles. The number of carbonyl (C=O) groups is 2. The maximum atomic E-state index is 12.9. The van der Waals surface area contributed by atoms with Gasteiger partial charge in [0.15, 0.2) is 9.84 Å². The van der Waals surface area contributed by atoms with E-state index < -0.39 is 14.6 Å². The number of rotatable bonds is 5. The third-order valence-corrected chi connectivity index (χ3v) is 10.7. The average molecular weight is 531 g/mol. The summed E-state index contributed by atoms with van der Waals surface area (Å²) < 4.78 is 23.4. The van der Waals surface area contributed by atoms with Crippen LogP contribution in [0, 0.1) is 0 Å². The van der Waals surface area contributed by atoms with E-state index in [2.05, 4.69) is 28.4 Å². The summed E-state index contributed by atoms with van der Waals surface area (Å²) >= 11 is 0. The van der Waals surface area contributed by atoms with Gasteiger partial charge in [-0.1, -0.05) is 30.3 Å². The van der Waals surface area contributed by atoms with E-state index >= 15 is 0 Å². The Morgan fingerprint density at radius 2 is 1.66 bits per heavy atom. The number of amides is 2. The summed E-state index contributed by atoms with van der Waals surface area (Å²) in [4.78, 5) is 31.2. The zero-order valence-corrected chi connectivity index (χ0v) is 22.2. The molecule has 0 aliphatic carbocycles. The Balaban J connectivity index is 1.19. The van der Waals surface area contributed by atoms with E-state index in [1.54, 1.807) is 29.0 Å². The Hall–Kier alpha value is -3.85. The van der Waals surface area contributed by atoms with Gasteiger partial charge in [0.1, 0.15) is 10.8 Å². The lowest BCUT2D eigenvalue weighted by Crippen LogP contribution is -2.72. The highest BCUT2D eigenvalue weighted by molar-refractivity contribution is 7.94. The van der Waals surface area contributed by atoms with Gasteiger partial charge in [0.25, 0.3) is 5.91 Å². The molecule has 1 N–H and O–H groups in total. The molecule has 1 atom stereocenters. The minimum absolute atomic E-state index is 0.0532. The maximum absolute atomic E-state index is 12.9. The number of fused-ring (bicyclic) bond motifs is 1. The second-order valence-corrected chi connectivity index (χ2v) is 13.0. The SMILES string of the molecule is C[C@@H]1C(=O)N(C)c2ccc(Nc3ccc(C(=O)N4CC5(CCS5(=O)=O)C4)cc3)cc2N1Cc1ccccc1. The summed E-state index contributed by atoms with van der Waals surface area (Å²) in [6.07, 6.45) is 0.647. The van der Waals surface area contributed by atoms with Crippen molar-refractivity contribution in [1.82, 2.24) is 4.90 Å². The minimum atomic E-state index is -3.04. The van der Waals surface area contributed by atoms with Crippen molar-refractivity contribution in [2.24, 2.45) is 0 Å². The van der Waals surface area contributed by atoms with Crippen molar-refractivity contribution < 1.29 is 18.0 Å². The minimum Gasteiger partial charge on any atom is -0.355 e. The Labute approximate surface area is 222 Å². The molecule has 3 aromatic carbocycles. The Kier molecular flexibility index (Phi) is 5.72. The number of hydrogen-bond donors (Lipinski definition) is 1. The molecule has 3 aliphatic heterocycles. The second-order valence-electron chi connectivity index (χ2n) is 10.5. The van der Waals surface area contributed by atoms with E-state index in [1.807, 2.05) is 49.4 Å². The Morgan fingerprint density at radius 1 is 0.974 bits per heavy atom. The normalized spacial score (nSPS) is 20.9. The molecule has 1 spiro atoms. The first-order valence-electron chi connectivity index (χ1n) is 12.8. The predicted octanol–water partition coefficient (Wildman–Crippen LogP) is 3.81. The molecule has 196 valence electrons. The molecule has 0 bridgehead atoms. The van der Waals surface area contributed by atoms with E-state index in [0.29, 0.717) is 18.5 Å². The highest BCUT2D eigenvalue weighted by Gasteiger charge is 2.60. The van der Waals surface area contributed by atoms with Gasteiger partial charge in [0.05, 0.1) is 17.1 Å². The molecule has 6 rings (SSSR count). The van der Waals surface area contributed by atoms with Crippen LogP contribution < -0.4 is 15.1 Å². The van der Waals surface area contributed by atoms with Crippen LogP contribution in [0.5, 0.6) is 0 Å². The van der Waals surface area contributed by atoms with Crippen LogP contribution in [-0.4, -0.2) is 61.8 Å². The first-order valence-corrected chi connectivity index (χ1v) is 14.4. The molecule has 38 heavy (non-hydrogen) atoms. The topological polar surface area (TPSA) is 90.0 Å². The van der Waals surface area contributed by atoms with E-state index in [-0.39, 0.29) is 36.7 Å². The van der Waals surface area contributed by atoms with Gasteiger partial charge in [0, 0.05) is 43.6 Å². The molecule has 3 aliphatic rings. The fraction of sp³-hybridized carbons (Fsp3) is 0.310. The van der Waals surface area contributed by atoms with Gasteiger partial charge < -0.3 is 20.0 Å². The lowest BCUT2D eigenvalue weighted by atomic mass is 9.93. The zero-order chi connectivity index (χ0) is 26.7. The van der Waals surface area contributed by atoms with E-state index in [4.69, 9.17) is 0 Å². The number of likely N-dealkylation sites (N-methyl/N-ethyl adjacent to an activating group) is 1. The Bertz CT molecular complexity index is 1520. The lowest BCUT2D eigenvalue weighted by Gasteiger charge is -2.54. The summed E-state index contributed by atoms with van der Waals surface area (Å²) in [5, 5.41) is 3.41. The molecule has 0 radical (unpaired) electrons. The van der Waals surface area contributed by atoms with Crippen molar-refractivity contribution in [3.8, 4) is 0 Å². The van der Waals surface area contributed by atoms with Crippen molar-refractivity contribution in [2.75, 3.05) is 41.0 Å². The fourth-order valence-electron chi connectivity index (χ4n) is 5.61. The molecule has 0 unspecified atom stereocenters. The smallest absolute Gasteiger partial charge is 0.253 e.